The van der Waals surface area contributed by atoms with Crippen LogP contribution >= 0.6 is 0 Å². The third-order valence-electron chi connectivity index (χ3n) is 7.69. The molecule has 1 aromatic heterocycles. The number of piperidine rings is 4. The Labute approximate surface area is 208 Å². The molecule has 35 heavy (non-hydrogen) atoms. The minimum absolute atomic E-state index is 0.0846. The molecule has 6 rings (SSSR count). The zero-order valence-corrected chi connectivity index (χ0v) is 20.7. The number of fused-ring (bicyclic) bond motifs is 3. The molecule has 0 aliphatic carbocycles. The summed E-state index contributed by atoms with van der Waals surface area (Å²) in [6.07, 6.45) is 6.82. The first-order valence-corrected chi connectivity index (χ1v) is 13.0. The van der Waals surface area contributed by atoms with Crippen LogP contribution in [0.5, 0.6) is 5.75 Å². The van der Waals surface area contributed by atoms with E-state index < -0.39 is 0 Å². The molecule has 0 saturated carbocycles. The molecule has 2 aromatic rings. The molecule has 4 saturated heterocycles. The highest BCUT2D eigenvalue weighted by Gasteiger charge is 2.36. The van der Waals surface area contributed by atoms with Gasteiger partial charge >= 0.3 is 0 Å². The Hall–Kier alpha value is -2.71. The first-order chi connectivity index (χ1) is 17.2. The summed E-state index contributed by atoms with van der Waals surface area (Å²) in [7, 11) is 1.70. The maximum absolute atomic E-state index is 13.0. The minimum atomic E-state index is 0.0846. The van der Waals surface area contributed by atoms with E-state index in [0.29, 0.717) is 25.2 Å². The van der Waals surface area contributed by atoms with Gasteiger partial charge in [0.15, 0.2) is 0 Å². The highest BCUT2D eigenvalue weighted by atomic mass is 16.5. The molecule has 2 bridgehead atoms. The largest absolute Gasteiger partial charge is 0.494 e. The van der Waals surface area contributed by atoms with Gasteiger partial charge in [-0.05, 0) is 75.0 Å². The summed E-state index contributed by atoms with van der Waals surface area (Å²) in [5.74, 6) is 2.57. The second-order valence-corrected chi connectivity index (χ2v) is 9.98. The average Bonchev–Trinajstić information content (AvgIpc) is 2.92. The van der Waals surface area contributed by atoms with Crippen molar-refractivity contribution in [3.63, 3.8) is 0 Å². The van der Waals surface area contributed by atoms with Crippen molar-refractivity contribution in [1.29, 1.82) is 0 Å². The Kier molecular flexibility index (Phi) is 7.79. The van der Waals surface area contributed by atoms with E-state index in [1.54, 1.807) is 7.11 Å². The molecule has 188 valence electrons. The first-order valence-electron chi connectivity index (χ1n) is 13.0. The number of benzene rings is 1. The number of rotatable bonds is 9. The summed E-state index contributed by atoms with van der Waals surface area (Å²) < 4.78 is 10.8. The van der Waals surface area contributed by atoms with Gasteiger partial charge in [0, 0.05) is 63.5 Å². The fourth-order valence-corrected chi connectivity index (χ4v) is 5.55. The van der Waals surface area contributed by atoms with Crippen molar-refractivity contribution in [3.8, 4) is 17.0 Å². The van der Waals surface area contributed by atoms with Crippen LogP contribution in [0, 0.1) is 11.8 Å². The zero-order valence-electron chi connectivity index (χ0n) is 20.7. The Morgan fingerprint density at radius 3 is 2.49 bits per heavy atom. The van der Waals surface area contributed by atoms with E-state index >= 15 is 0 Å². The van der Waals surface area contributed by atoms with Gasteiger partial charge in [0.25, 0.3) is 0 Å². The lowest BCUT2D eigenvalue weighted by Crippen LogP contribution is -2.58. The van der Waals surface area contributed by atoms with Crippen LogP contribution in [0.25, 0.3) is 11.3 Å². The van der Waals surface area contributed by atoms with Crippen LogP contribution in [0.2, 0.25) is 0 Å². The molecule has 1 N–H and O–H groups in total. The number of ether oxygens (including phenoxy) is 2. The average molecular weight is 480 g/mol. The molecular weight excluding hydrogens is 442 g/mol. The van der Waals surface area contributed by atoms with E-state index in [1.165, 1.54) is 25.9 Å². The quantitative estimate of drug-likeness (QED) is 0.554. The predicted octanol–water partition coefficient (Wildman–Crippen LogP) is 2.99. The molecule has 1 atom stereocenters. The van der Waals surface area contributed by atoms with Crippen molar-refractivity contribution in [2.24, 2.45) is 11.8 Å². The molecule has 0 radical (unpaired) electrons. The maximum Gasteiger partial charge on any atom is 0.225 e. The number of anilines is 1. The van der Waals surface area contributed by atoms with Crippen LogP contribution in [-0.4, -0.2) is 79.9 Å². The topological polar surface area (TPSA) is 79.8 Å². The monoisotopic (exact) mass is 479 g/mol. The van der Waals surface area contributed by atoms with Crippen LogP contribution in [0.3, 0.4) is 0 Å². The second kappa shape index (κ2) is 11.4. The summed E-state index contributed by atoms with van der Waals surface area (Å²) in [6, 6.07) is 10.3. The van der Waals surface area contributed by atoms with E-state index in [9.17, 15) is 4.79 Å². The Morgan fingerprint density at radius 2 is 1.80 bits per heavy atom. The number of amides is 1. The number of methoxy groups -OCH3 is 1. The smallest absolute Gasteiger partial charge is 0.225 e. The van der Waals surface area contributed by atoms with Gasteiger partial charge in [0.05, 0.1) is 12.3 Å². The van der Waals surface area contributed by atoms with Crippen molar-refractivity contribution >= 4 is 11.9 Å². The van der Waals surface area contributed by atoms with E-state index in [4.69, 9.17) is 14.5 Å². The SMILES string of the molecule is COCCCOc1ccc(-c2ccnc(N3CCC(C(=O)NC4CN5CCC4CC5)CC3)n2)cc1. The normalized spacial score (nSPS) is 24.4. The highest BCUT2D eigenvalue weighted by Crippen LogP contribution is 2.29. The predicted molar refractivity (Wildman–Crippen MR) is 135 cm³/mol. The lowest BCUT2D eigenvalue weighted by Gasteiger charge is -2.45. The molecule has 1 amide bonds. The summed E-state index contributed by atoms with van der Waals surface area (Å²) in [5.41, 5.74) is 1.92. The highest BCUT2D eigenvalue weighted by molar-refractivity contribution is 5.79. The number of nitrogens with one attached hydrogen (secondary N) is 1. The number of hydrogen-bond acceptors (Lipinski definition) is 7. The third kappa shape index (κ3) is 5.93. The van der Waals surface area contributed by atoms with Crippen LogP contribution in [0.1, 0.15) is 32.1 Å². The third-order valence-corrected chi connectivity index (χ3v) is 7.69. The summed E-state index contributed by atoms with van der Waals surface area (Å²) in [5, 5.41) is 3.38. The number of nitrogens with zero attached hydrogens (tertiary/aromatic N) is 4. The van der Waals surface area contributed by atoms with E-state index in [1.807, 2.05) is 36.5 Å². The van der Waals surface area contributed by atoms with Gasteiger partial charge in [0.1, 0.15) is 5.75 Å². The molecule has 8 nitrogen and oxygen atoms in total. The van der Waals surface area contributed by atoms with Crippen molar-refractivity contribution in [1.82, 2.24) is 20.2 Å². The molecule has 4 fully saturated rings. The van der Waals surface area contributed by atoms with E-state index in [2.05, 4.69) is 20.1 Å². The Bertz CT molecular complexity index is 969. The molecule has 1 unspecified atom stereocenters. The summed E-state index contributed by atoms with van der Waals surface area (Å²) in [6.45, 7) is 6.35. The molecular formula is C27H37N5O3. The Balaban J connectivity index is 1.13. The fraction of sp³-hybridized carbons (Fsp3) is 0.593. The van der Waals surface area contributed by atoms with E-state index in [-0.39, 0.29) is 11.8 Å². The van der Waals surface area contributed by atoms with Gasteiger partial charge in [-0.15, -0.1) is 0 Å². The second-order valence-electron chi connectivity index (χ2n) is 9.98. The van der Waals surface area contributed by atoms with Gasteiger partial charge in [-0.25, -0.2) is 9.97 Å². The van der Waals surface area contributed by atoms with Crippen LogP contribution in [-0.2, 0) is 9.53 Å². The van der Waals surface area contributed by atoms with Gasteiger partial charge < -0.3 is 24.6 Å². The van der Waals surface area contributed by atoms with Crippen LogP contribution < -0.4 is 15.0 Å². The van der Waals surface area contributed by atoms with Crippen molar-refractivity contribution in [2.75, 3.05) is 57.9 Å². The number of carbonyl (C=O) groups is 1. The van der Waals surface area contributed by atoms with Crippen LogP contribution in [0.15, 0.2) is 36.5 Å². The van der Waals surface area contributed by atoms with Crippen molar-refractivity contribution < 1.29 is 14.3 Å². The first kappa shape index (κ1) is 24.0. The lowest BCUT2D eigenvalue weighted by atomic mass is 9.83. The Morgan fingerprint density at radius 1 is 1.03 bits per heavy atom. The molecule has 4 aliphatic heterocycles. The number of carbonyl (C=O) groups excluding carboxylic acids is 1. The van der Waals surface area contributed by atoms with E-state index in [0.717, 1.165) is 61.9 Å². The van der Waals surface area contributed by atoms with Gasteiger partial charge in [0.2, 0.25) is 11.9 Å². The zero-order chi connectivity index (χ0) is 24.0. The minimum Gasteiger partial charge on any atom is -0.494 e. The summed E-state index contributed by atoms with van der Waals surface area (Å²) in [4.78, 5) is 27.0. The van der Waals surface area contributed by atoms with Crippen molar-refractivity contribution in [2.45, 2.75) is 38.1 Å². The standard InChI is InChI=1S/C27H37N5O3/c1-34-17-2-18-35-23-5-3-20(4-6-23)24-7-12-28-27(30-24)32-15-10-22(11-16-32)26(33)29-25-19-31-13-8-21(25)9-14-31/h3-7,12,21-22,25H,2,8-11,13-19H2,1H3,(H,29,33). The molecule has 8 heteroatoms. The fourth-order valence-electron chi connectivity index (χ4n) is 5.55. The van der Waals surface area contributed by atoms with Crippen LogP contribution in [0.4, 0.5) is 5.95 Å². The van der Waals surface area contributed by atoms with Gasteiger partial charge in [-0.3, -0.25) is 4.79 Å². The van der Waals surface area contributed by atoms with Gasteiger partial charge in [-0.2, -0.15) is 0 Å². The lowest BCUT2D eigenvalue weighted by molar-refractivity contribution is -0.127. The molecule has 1 aromatic carbocycles. The number of hydrogen-bond donors (Lipinski definition) is 1. The summed E-state index contributed by atoms with van der Waals surface area (Å²) >= 11 is 0. The maximum atomic E-state index is 13.0. The van der Waals surface area contributed by atoms with Gasteiger partial charge in [-0.1, -0.05) is 0 Å². The number of aromatic nitrogens is 2. The molecule has 5 heterocycles. The molecule has 4 aliphatic rings. The molecule has 0 spiro atoms. The van der Waals surface area contributed by atoms with Crippen molar-refractivity contribution in [3.05, 3.63) is 36.5 Å².